The molecule has 0 amide bonds. The highest BCUT2D eigenvalue weighted by atomic mass is 16.6. The highest BCUT2D eigenvalue weighted by Crippen LogP contribution is 2.31. The molecule has 0 saturated carbocycles. The van der Waals surface area contributed by atoms with Crippen molar-refractivity contribution in [3.8, 4) is 0 Å². The van der Waals surface area contributed by atoms with E-state index >= 15 is 0 Å². The Bertz CT molecular complexity index is 288. The van der Waals surface area contributed by atoms with Crippen molar-refractivity contribution in [2.75, 3.05) is 0 Å². The maximum absolute atomic E-state index is 11.8. The number of aliphatic hydroxyl groups is 1. The molecule has 0 aromatic carbocycles. The maximum Gasteiger partial charge on any atom is 0.312 e. The average molecular weight is 226 g/mol. The number of ether oxygens (including phenoxy) is 1. The van der Waals surface area contributed by atoms with Crippen molar-refractivity contribution in [2.24, 2.45) is 5.92 Å². The number of carbonyl (C=O) groups excluding carboxylic acids is 1. The number of esters is 1. The first-order chi connectivity index (χ1) is 7.25. The van der Waals surface area contributed by atoms with Crippen LogP contribution in [-0.2, 0) is 9.53 Å². The van der Waals surface area contributed by atoms with Gasteiger partial charge in [-0.05, 0) is 47.0 Å². The van der Waals surface area contributed by atoms with Gasteiger partial charge in [0.2, 0.25) is 0 Å². The van der Waals surface area contributed by atoms with Gasteiger partial charge in [0.15, 0.2) is 0 Å². The Kier molecular flexibility index (Phi) is 3.79. The molecule has 16 heavy (non-hydrogen) atoms. The molecule has 3 heteroatoms. The smallest absolute Gasteiger partial charge is 0.312 e. The Morgan fingerprint density at radius 1 is 1.50 bits per heavy atom. The van der Waals surface area contributed by atoms with Crippen LogP contribution >= 0.6 is 0 Å². The minimum Gasteiger partial charge on any atom is -0.460 e. The number of rotatable bonds is 2. The Morgan fingerprint density at radius 3 is 2.56 bits per heavy atom. The molecule has 0 saturated heterocycles. The lowest BCUT2D eigenvalue weighted by atomic mass is 9.81. The Balaban J connectivity index is 2.69. The minimum absolute atomic E-state index is 0.332. The summed E-state index contributed by atoms with van der Waals surface area (Å²) < 4.78 is 5.29. The normalized spacial score (nSPS) is 27.6. The van der Waals surface area contributed by atoms with Gasteiger partial charge in [-0.25, -0.2) is 0 Å². The topological polar surface area (TPSA) is 46.5 Å². The SMILES string of the molecule is CC(C(=O)OC(C)(C)C)C1(O)C=CCCC1. The second-order valence-electron chi connectivity index (χ2n) is 5.54. The molecule has 1 rings (SSSR count). The van der Waals surface area contributed by atoms with Gasteiger partial charge in [-0.1, -0.05) is 12.2 Å². The van der Waals surface area contributed by atoms with Crippen molar-refractivity contribution in [1.82, 2.24) is 0 Å². The summed E-state index contributed by atoms with van der Waals surface area (Å²) in [6.45, 7) is 7.22. The molecular weight excluding hydrogens is 204 g/mol. The monoisotopic (exact) mass is 226 g/mol. The fourth-order valence-corrected chi connectivity index (χ4v) is 1.83. The van der Waals surface area contributed by atoms with Crippen LogP contribution in [0.5, 0.6) is 0 Å². The molecule has 1 aliphatic rings. The van der Waals surface area contributed by atoms with Gasteiger partial charge in [-0.15, -0.1) is 0 Å². The maximum atomic E-state index is 11.8. The van der Waals surface area contributed by atoms with E-state index < -0.39 is 17.1 Å². The van der Waals surface area contributed by atoms with E-state index in [1.54, 1.807) is 13.0 Å². The third-order valence-corrected chi connectivity index (χ3v) is 2.86. The molecule has 1 N–H and O–H groups in total. The van der Waals surface area contributed by atoms with E-state index in [4.69, 9.17) is 4.74 Å². The van der Waals surface area contributed by atoms with Crippen LogP contribution in [0.1, 0.15) is 47.0 Å². The molecule has 0 aromatic rings. The van der Waals surface area contributed by atoms with Gasteiger partial charge in [-0.2, -0.15) is 0 Å². The fraction of sp³-hybridized carbons (Fsp3) is 0.769. The van der Waals surface area contributed by atoms with E-state index in [1.807, 2.05) is 26.8 Å². The van der Waals surface area contributed by atoms with E-state index in [9.17, 15) is 9.90 Å². The molecule has 0 bridgehead atoms. The molecule has 0 heterocycles. The summed E-state index contributed by atoms with van der Waals surface area (Å²) in [5.74, 6) is -0.843. The summed E-state index contributed by atoms with van der Waals surface area (Å²) >= 11 is 0. The first-order valence-corrected chi connectivity index (χ1v) is 5.87. The second kappa shape index (κ2) is 4.58. The average Bonchev–Trinajstić information content (AvgIpc) is 2.15. The van der Waals surface area contributed by atoms with Crippen molar-refractivity contribution in [3.05, 3.63) is 12.2 Å². The van der Waals surface area contributed by atoms with Crippen LogP contribution in [-0.4, -0.2) is 22.3 Å². The van der Waals surface area contributed by atoms with Crippen LogP contribution in [0.2, 0.25) is 0 Å². The molecule has 1 aliphatic carbocycles. The van der Waals surface area contributed by atoms with Gasteiger partial charge in [0.25, 0.3) is 0 Å². The zero-order valence-corrected chi connectivity index (χ0v) is 10.6. The lowest BCUT2D eigenvalue weighted by Crippen LogP contribution is -2.42. The predicted octanol–water partition coefficient (Wildman–Crippen LogP) is 2.44. The van der Waals surface area contributed by atoms with E-state index in [0.29, 0.717) is 6.42 Å². The zero-order chi connectivity index (χ0) is 12.4. The first kappa shape index (κ1) is 13.2. The summed E-state index contributed by atoms with van der Waals surface area (Å²) in [7, 11) is 0. The highest BCUT2D eigenvalue weighted by Gasteiger charge is 2.38. The van der Waals surface area contributed by atoms with Crippen molar-refractivity contribution < 1.29 is 14.6 Å². The van der Waals surface area contributed by atoms with Crippen LogP contribution in [0, 0.1) is 5.92 Å². The van der Waals surface area contributed by atoms with Gasteiger partial charge in [0.05, 0.1) is 11.5 Å². The molecule has 0 aromatic heterocycles. The third-order valence-electron chi connectivity index (χ3n) is 2.86. The number of allylic oxidation sites excluding steroid dienone is 1. The lowest BCUT2D eigenvalue weighted by molar-refractivity contribution is -0.166. The summed E-state index contributed by atoms with van der Waals surface area (Å²) in [5, 5.41) is 10.3. The Labute approximate surface area is 97.5 Å². The summed E-state index contributed by atoms with van der Waals surface area (Å²) in [6, 6.07) is 0. The minimum atomic E-state index is -1.03. The first-order valence-electron chi connectivity index (χ1n) is 5.87. The van der Waals surface area contributed by atoms with Gasteiger partial charge >= 0.3 is 5.97 Å². The fourth-order valence-electron chi connectivity index (χ4n) is 1.83. The number of carbonyl (C=O) groups is 1. The van der Waals surface area contributed by atoms with Crippen LogP contribution in [0.25, 0.3) is 0 Å². The van der Waals surface area contributed by atoms with E-state index in [1.165, 1.54) is 0 Å². The number of hydrogen-bond acceptors (Lipinski definition) is 3. The van der Waals surface area contributed by atoms with E-state index in [0.717, 1.165) is 12.8 Å². The van der Waals surface area contributed by atoms with Crippen molar-refractivity contribution in [2.45, 2.75) is 58.2 Å². The second-order valence-corrected chi connectivity index (χ2v) is 5.54. The summed E-state index contributed by atoms with van der Waals surface area (Å²) in [5.41, 5.74) is -1.53. The Hall–Kier alpha value is -0.830. The largest absolute Gasteiger partial charge is 0.460 e. The standard InChI is InChI=1S/C13H22O3/c1-10(11(14)16-12(2,3)4)13(15)8-6-5-7-9-13/h6,8,10,15H,5,7,9H2,1-4H3. The molecule has 0 aliphatic heterocycles. The van der Waals surface area contributed by atoms with Gasteiger partial charge in [0.1, 0.15) is 5.60 Å². The van der Waals surface area contributed by atoms with Gasteiger partial charge in [0, 0.05) is 0 Å². The third kappa shape index (κ3) is 3.34. The molecule has 92 valence electrons. The van der Waals surface area contributed by atoms with Crippen LogP contribution < -0.4 is 0 Å². The van der Waals surface area contributed by atoms with Crippen LogP contribution in [0.4, 0.5) is 0 Å². The van der Waals surface area contributed by atoms with Crippen LogP contribution in [0.15, 0.2) is 12.2 Å². The molecule has 3 nitrogen and oxygen atoms in total. The van der Waals surface area contributed by atoms with Crippen molar-refractivity contribution in [1.29, 1.82) is 0 Å². The van der Waals surface area contributed by atoms with Crippen molar-refractivity contribution >= 4 is 5.97 Å². The highest BCUT2D eigenvalue weighted by molar-refractivity contribution is 5.74. The quantitative estimate of drug-likeness (QED) is 0.581. The summed E-state index contributed by atoms with van der Waals surface area (Å²) in [4.78, 5) is 11.8. The Morgan fingerprint density at radius 2 is 2.12 bits per heavy atom. The molecule has 0 spiro atoms. The number of hydrogen-bond donors (Lipinski definition) is 1. The molecule has 2 unspecified atom stereocenters. The summed E-state index contributed by atoms with van der Waals surface area (Å²) in [6.07, 6.45) is 6.20. The van der Waals surface area contributed by atoms with Crippen molar-refractivity contribution in [3.63, 3.8) is 0 Å². The van der Waals surface area contributed by atoms with Crippen LogP contribution in [0.3, 0.4) is 0 Å². The molecule has 2 atom stereocenters. The molecule has 0 fully saturated rings. The predicted molar refractivity (Wildman–Crippen MR) is 62.9 cm³/mol. The molecular formula is C13H22O3. The van der Waals surface area contributed by atoms with E-state index in [2.05, 4.69) is 0 Å². The molecule has 0 radical (unpaired) electrons. The van der Waals surface area contributed by atoms with E-state index in [-0.39, 0.29) is 5.97 Å². The van der Waals surface area contributed by atoms with Gasteiger partial charge < -0.3 is 9.84 Å². The van der Waals surface area contributed by atoms with Gasteiger partial charge in [-0.3, -0.25) is 4.79 Å². The lowest BCUT2D eigenvalue weighted by Gasteiger charge is -2.33. The zero-order valence-electron chi connectivity index (χ0n) is 10.6.